The molecular formula is C14H11FO3. The van der Waals surface area contributed by atoms with E-state index in [0.717, 1.165) is 0 Å². The molecule has 4 heteroatoms. The van der Waals surface area contributed by atoms with Crippen molar-refractivity contribution < 1.29 is 19.0 Å². The highest BCUT2D eigenvalue weighted by Gasteiger charge is 2.16. The Kier molecular flexibility index (Phi) is 3.28. The summed E-state index contributed by atoms with van der Waals surface area (Å²) in [5, 5.41) is 8.89. The van der Waals surface area contributed by atoms with E-state index in [4.69, 9.17) is 9.84 Å². The highest BCUT2D eigenvalue weighted by atomic mass is 19.1. The van der Waals surface area contributed by atoms with Gasteiger partial charge in [0, 0.05) is 11.1 Å². The number of para-hydroxylation sites is 1. The Labute approximate surface area is 103 Å². The summed E-state index contributed by atoms with van der Waals surface area (Å²) in [6.45, 7) is 0. The van der Waals surface area contributed by atoms with Crippen LogP contribution in [0.1, 0.15) is 10.4 Å². The van der Waals surface area contributed by atoms with E-state index in [-0.39, 0.29) is 11.1 Å². The minimum absolute atomic E-state index is 0.215. The van der Waals surface area contributed by atoms with Gasteiger partial charge in [-0.15, -0.1) is 0 Å². The second-order valence-electron chi connectivity index (χ2n) is 3.67. The molecular weight excluding hydrogens is 235 g/mol. The van der Waals surface area contributed by atoms with Gasteiger partial charge in [-0.3, -0.25) is 0 Å². The van der Waals surface area contributed by atoms with Crippen LogP contribution in [0.25, 0.3) is 11.1 Å². The van der Waals surface area contributed by atoms with Gasteiger partial charge >= 0.3 is 5.97 Å². The minimum atomic E-state index is -1.29. The summed E-state index contributed by atoms with van der Waals surface area (Å²) in [7, 11) is 1.48. The third kappa shape index (κ3) is 2.05. The van der Waals surface area contributed by atoms with Gasteiger partial charge in [-0.2, -0.15) is 0 Å². The molecule has 0 fully saturated rings. The Bertz CT molecular complexity index is 593. The summed E-state index contributed by atoms with van der Waals surface area (Å²) < 4.78 is 19.2. The van der Waals surface area contributed by atoms with E-state index in [2.05, 4.69) is 0 Å². The van der Waals surface area contributed by atoms with Gasteiger partial charge in [-0.1, -0.05) is 30.3 Å². The number of hydrogen-bond donors (Lipinski definition) is 1. The number of methoxy groups -OCH3 is 1. The highest BCUT2D eigenvalue weighted by molar-refractivity contribution is 5.90. The van der Waals surface area contributed by atoms with Crippen molar-refractivity contribution in [2.24, 2.45) is 0 Å². The molecule has 2 aromatic carbocycles. The van der Waals surface area contributed by atoms with Crippen LogP contribution in [-0.2, 0) is 0 Å². The molecule has 0 spiro atoms. The first-order chi connectivity index (χ1) is 8.65. The maximum Gasteiger partial charge on any atom is 0.338 e. The van der Waals surface area contributed by atoms with Gasteiger partial charge in [-0.05, 0) is 12.1 Å². The number of benzene rings is 2. The van der Waals surface area contributed by atoms with Crippen LogP contribution in [-0.4, -0.2) is 18.2 Å². The van der Waals surface area contributed by atoms with Gasteiger partial charge in [0.1, 0.15) is 11.6 Å². The normalized spacial score (nSPS) is 10.1. The number of aromatic carboxylic acids is 1. The van der Waals surface area contributed by atoms with E-state index >= 15 is 0 Å². The monoisotopic (exact) mass is 246 g/mol. The molecule has 0 amide bonds. The SMILES string of the molecule is COc1ccccc1-c1cccc(C(=O)O)c1F. The quantitative estimate of drug-likeness (QED) is 0.904. The van der Waals surface area contributed by atoms with Crippen molar-refractivity contribution in [1.82, 2.24) is 0 Å². The van der Waals surface area contributed by atoms with E-state index in [1.807, 2.05) is 0 Å². The second kappa shape index (κ2) is 4.87. The number of carboxylic acid groups (broad SMARTS) is 1. The number of hydrogen-bond acceptors (Lipinski definition) is 2. The predicted octanol–water partition coefficient (Wildman–Crippen LogP) is 3.20. The van der Waals surface area contributed by atoms with Crippen molar-refractivity contribution in [3.05, 3.63) is 53.8 Å². The third-order valence-electron chi connectivity index (χ3n) is 2.63. The number of carboxylic acids is 1. The predicted molar refractivity (Wildman–Crippen MR) is 65.3 cm³/mol. The zero-order valence-corrected chi connectivity index (χ0v) is 9.68. The first-order valence-electron chi connectivity index (χ1n) is 5.30. The van der Waals surface area contributed by atoms with E-state index in [9.17, 15) is 9.18 Å². The molecule has 0 aromatic heterocycles. The van der Waals surface area contributed by atoms with Crippen molar-refractivity contribution in [2.45, 2.75) is 0 Å². The summed E-state index contributed by atoms with van der Waals surface area (Å²) in [4.78, 5) is 10.9. The molecule has 18 heavy (non-hydrogen) atoms. The molecule has 0 aliphatic heterocycles. The van der Waals surface area contributed by atoms with Crippen molar-refractivity contribution in [2.75, 3.05) is 7.11 Å². The molecule has 0 unspecified atom stereocenters. The molecule has 3 nitrogen and oxygen atoms in total. The Hall–Kier alpha value is -2.36. The average Bonchev–Trinajstić information content (AvgIpc) is 2.38. The van der Waals surface area contributed by atoms with Crippen LogP contribution in [0.2, 0.25) is 0 Å². The molecule has 0 aliphatic rings. The van der Waals surface area contributed by atoms with Crippen LogP contribution in [0, 0.1) is 5.82 Å². The lowest BCUT2D eigenvalue weighted by Gasteiger charge is -2.10. The Morgan fingerprint density at radius 2 is 1.78 bits per heavy atom. The largest absolute Gasteiger partial charge is 0.496 e. The Balaban J connectivity index is 2.64. The van der Waals surface area contributed by atoms with Crippen molar-refractivity contribution in [3.63, 3.8) is 0 Å². The molecule has 0 saturated carbocycles. The summed E-state index contributed by atoms with van der Waals surface area (Å²) in [5.41, 5.74) is 0.395. The van der Waals surface area contributed by atoms with Crippen LogP contribution in [0.3, 0.4) is 0 Å². The molecule has 0 atom stereocenters. The molecule has 2 rings (SSSR count). The minimum Gasteiger partial charge on any atom is -0.496 e. The fourth-order valence-electron chi connectivity index (χ4n) is 1.77. The third-order valence-corrected chi connectivity index (χ3v) is 2.63. The zero-order valence-electron chi connectivity index (χ0n) is 9.68. The van der Waals surface area contributed by atoms with Crippen LogP contribution < -0.4 is 4.74 Å². The molecule has 0 bridgehead atoms. The van der Waals surface area contributed by atoms with Gasteiger partial charge in [0.05, 0.1) is 12.7 Å². The van der Waals surface area contributed by atoms with Crippen molar-refractivity contribution in [3.8, 4) is 16.9 Å². The topological polar surface area (TPSA) is 46.5 Å². The molecule has 1 N–H and O–H groups in total. The van der Waals surface area contributed by atoms with Crippen molar-refractivity contribution >= 4 is 5.97 Å². The first kappa shape index (κ1) is 12.1. The van der Waals surface area contributed by atoms with E-state index in [0.29, 0.717) is 11.3 Å². The number of rotatable bonds is 3. The lowest BCUT2D eigenvalue weighted by Crippen LogP contribution is -2.02. The Morgan fingerprint density at radius 3 is 2.44 bits per heavy atom. The number of halogens is 1. The molecule has 0 heterocycles. The van der Waals surface area contributed by atoms with Gasteiger partial charge in [-0.25, -0.2) is 9.18 Å². The molecule has 0 saturated heterocycles. The molecule has 92 valence electrons. The van der Waals surface area contributed by atoms with Crippen LogP contribution in [0.4, 0.5) is 4.39 Å². The van der Waals surface area contributed by atoms with Crippen LogP contribution >= 0.6 is 0 Å². The Morgan fingerprint density at radius 1 is 1.11 bits per heavy atom. The maximum atomic E-state index is 14.1. The molecule has 2 aromatic rings. The van der Waals surface area contributed by atoms with Crippen LogP contribution in [0.15, 0.2) is 42.5 Å². The average molecular weight is 246 g/mol. The highest BCUT2D eigenvalue weighted by Crippen LogP contribution is 2.32. The zero-order chi connectivity index (χ0) is 13.1. The summed E-state index contributed by atoms with van der Waals surface area (Å²) in [6, 6.07) is 11.2. The lowest BCUT2D eigenvalue weighted by atomic mass is 10.0. The lowest BCUT2D eigenvalue weighted by molar-refractivity contribution is 0.0692. The standard InChI is InChI=1S/C14H11FO3/c1-18-12-8-3-2-5-9(12)10-6-4-7-11(13(10)15)14(16)17/h2-8H,1H3,(H,16,17). The summed E-state index contributed by atoms with van der Waals surface area (Å²) >= 11 is 0. The van der Waals surface area contributed by atoms with E-state index in [1.165, 1.54) is 25.3 Å². The van der Waals surface area contributed by atoms with Crippen LogP contribution in [0.5, 0.6) is 5.75 Å². The second-order valence-corrected chi connectivity index (χ2v) is 3.67. The van der Waals surface area contributed by atoms with Gasteiger partial charge < -0.3 is 9.84 Å². The number of carbonyl (C=O) groups is 1. The maximum absolute atomic E-state index is 14.1. The number of ether oxygens (including phenoxy) is 1. The fourth-order valence-corrected chi connectivity index (χ4v) is 1.77. The van der Waals surface area contributed by atoms with E-state index in [1.54, 1.807) is 24.3 Å². The molecule has 0 radical (unpaired) electrons. The smallest absolute Gasteiger partial charge is 0.338 e. The fraction of sp³-hybridized carbons (Fsp3) is 0.0714. The van der Waals surface area contributed by atoms with Gasteiger partial charge in [0.15, 0.2) is 0 Å². The molecule has 0 aliphatic carbocycles. The van der Waals surface area contributed by atoms with Gasteiger partial charge in [0.2, 0.25) is 0 Å². The van der Waals surface area contributed by atoms with E-state index < -0.39 is 11.8 Å². The summed E-state index contributed by atoms with van der Waals surface area (Å²) in [6.07, 6.45) is 0. The van der Waals surface area contributed by atoms with Gasteiger partial charge in [0.25, 0.3) is 0 Å². The van der Waals surface area contributed by atoms with Crippen molar-refractivity contribution in [1.29, 1.82) is 0 Å². The summed E-state index contributed by atoms with van der Waals surface area (Å²) in [5.74, 6) is -1.54. The first-order valence-corrected chi connectivity index (χ1v) is 5.30.